The van der Waals surface area contributed by atoms with Crippen molar-refractivity contribution in [2.45, 2.75) is 52.6 Å². The maximum atomic E-state index is 6.25. The zero-order chi connectivity index (χ0) is 17.4. The number of rotatable bonds is 3. The summed E-state index contributed by atoms with van der Waals surface area (Å²) in [5.41, 5.74) is 0.952. The fourth-order valence-corrected chi connectivity index (χ4v) is 2.21. The standard InChI is InChI=1S/C14H23ClN8/c1-8(2)23(17)9(21-16)6-22-7-18-10-11(15)19-13(14(3,4)5)20-12(10)22/h7-8H,6,16-17H2,1-5H3/b21-9-. The molecule has 0 fully saturated rings. The van der Waals surface area contributed by atoms with Crippen molar-refractivity contribution in [1.82, 2.24) is 24.5 Å². The van der Waals surface area contributed by atoms with Crippen LogP contribution >= 0.6 is 11.6 Å². The summed E-state index contributed by atoms with van der Waals surface area (Å²) >= 11 is 6.25. The van der Waals surface area contributed by atoms with Crippen molar-refractivity contribution in [3.63, 3.8) is 0 Å². The maximum Gasteiger partial charge on any atom is 0.165 e. The summed E-state index contributed by atoms with van der Waals surface area (Å²) in [5, 5.41) is 5.62. The first-order valence-corrected chi connectivity index (χ1v) is 7.72. The van der Waals surface area contributed by atoms with E-state index >= 15 is 0 Å². The lowest BCUT2D eigenvalue weighted by molar-refractivity contribution is 0.352. The number of hydrogen-bond donors (Lipinski definition) is 2. The van der Waals surface area contributed by atoms with Gasteiger partial charge in [-0.3, -0.25) is 5.01 Å². The van der Waals surface area contributed by atoms with Crippen LogP contribution in [-0.2, 0) is 12.0 Å². The monoisotopic (exact) mass is 338 g/mol. The van der Waals surface area contributed by atoms with Gasteiger partial charge in [-0.1, -0.05) is 32.4 Å². The number of nitrogens with two attached hydrogens (primary N) is 2. The third-order valence-electron chi connectivity index (χ3n) is 3.41. The van der Waals surface area contributed by atoms with Gasteiger partial charge in [0.1, 0.15) is 11.3 Å². The molecule has 23 heavy (non-hydrogen) atoms. The van der Waals surface area contributed by atoms with Crippen LogP contribution in [0.4, 0.5) is 0 Å². The summed E-state index contributed by atoms with van der Waals surface area (Å²) in [4.78, 5) is 13.2. The van der Waals surface area contributed by atoms with Crippen LogP contribution in [0.15, 0.2) is 11.4 Å². The van der Waals surface area contributed by atoms with Gasteiger partial charge >= 0.3 is 0 Å². The summed E-state index contributed by atoms with van der Waals surface area (Å²) in [6, 6.07) is 0.0652. The van der Waals surface area contributed by atoms with Gasteiger partial charge in [0.15, 0.2) is 16.6 Å². The third kappa shape index (κ3) is 3.53. The topological polar surface area (TPSA) is 111 Å². The minimum Gasteiger partial charge on any atom is -0.321 e. The highest BCUT2D eigenvalue weighted by molar-refractivity contribution is 6.33. The number of aromatic nitrogens is 4. The molecule has 4 N–H and O–H groups in total. The Hall–Kier alpha value is -1.93. The number of halogens is 1. The van der Waals surface area contributed by atoms with Crippen molar-refractivity contribution in [2.75, 3.05) is 0 Å². The van der Waals surface area contributed by atoms with E-state index in [2.05, 4.69) is 20.1 Å². The minimum atomic E-state index is -0.227. The molecule has 0 saturated carbocycles. The van der Waals surface area contributed by atoms with Crippen molar-refractivity contribution < 1.29 is 0 Å². The van der Waals surface area contributed by atoms with Gasteiger partial charge in [-0.25, -0.2) is 20.8 Å². The Morgan fingerprint density at radius 1 is 1.39 bits per heavy atom. The Labute approximate surface area is 140 Å². The van der Waals surface area contributed by atoms with Gasteiger partial charge in [-0.2, -0.15) is 5.10 Å². The first kappa shape index (κ1) is 17.4. The van der Waals surface area contributed by atoms with Crippen LogP contribution in [-0.4, -0.2) is 36.4 Å². The Kier molecular flexibility index (Phi) is 4.76. The Bertz CT molecular complexity index is 728. The second-order valence-electron chi connectivity index (χ2n) is 6.68. The van der Waals surface area contributed by atoms with Gasteiger partial charge in [0.05, 0.1) is 12.9 Å². The van der Waals surface area contributed by atoms with Crippen LogP contribution in [0.3, 0.4) is 0 Å². The molecule has 2 rings (SSSR count). The van der Waals surface area contributed by atoms with E-state index in [-0.39, 0.29) is 11.5 Å². The third-order valence-corrected chi connectivity index (χ3v) is 3.67. The molecule has 2 aromatic heterocycles. The molecule has 0 radical (unpaired) electrons. The number of imidazole rings is 1. The van der Waals surface area contributed by atoms with E-state index in [9.17, 15) is 0 Å². The number of nitrogens with zero attached hydrogens (tertiary/aromatic N) is 6. The van der Waals surface area contributed by atoms with E-state index in [1.807, 2.05) is 39.2 Å². The number of fused-ring (bicyclic) bond motifs is 1. The zero-order valence-electron chi connectivity index (χ0n) is 14.1. The average molecular weight is 339 g/mol. The highest BCUT2D eigenvalue weighted by Crippen LogP contribution is 2.25. The summed E-state index contributed by atoms with van der Waals surface area (Å²) in [7, 11) is 0. The zero-order valence-corrected chi connectivity index (χ0v) is 14.8. The summed E-state index contributed by atoms with van der Waals surface area (Å²) in [5.74, 6) is 12.6. The molecule has 126 valence electrons. The highest BCUT2D eigenvalue weighted by atomic mass is 35.5. The predicted molar refractivity (Wildman–Crippen MR) is 91.8 cm³/mol. The van der Waals surface area contributed by atoms with Crippen molar-refractivity contribution in [1.29, 1.82) is 0 Å². The van der Waals surface area contributed by atoms with Crippen molar-refractivity contribution >= 4 is 28.6 Å². The quantitative estimate of drug-likeness (QED) is 0.289. The molecule has 0 spiro atoms. The van der Waals surface area contributed by atoms with E-state index in [1.54, 1.807) is 6.33 Å². The molecule has 0 unspecified atom stereocenters. The molecular weight excluding hydrogens is 316 g/mol. The summed E-state index contributed by atoms with van der Waals surface area (Å²) in [6.07, 6.45) is 1.64. The van der Waals surface area contributed by atoms with Crippen LogP contribution in [0.2, 0.25) is 5.15 Å². The van der Waals surface area contributed by atoms with Crippen LogP contribution in [0.1, 0.15) is 40.4 Å². The van der Waals surface area contributed by atoms with Gasteiger partial charge in [0, 0.05) is 11.5 Å². The first-order chi connectivity index (χ1) is 10.6. The molecule has 2 aromatic rings. The van der Waals surface area contributed by atoms with E-state index in [0.29, 0.717) is 34.5 Å². The van der Waals surface area contributed by atoms with Gasteiger partial charge in [0.25, 0.3) is 0 Å². The molecule has 0 amide bonds. The molecule has 0 aliphatic heterocycles. The van der Waals surface area contributed by atoms with Crippen molar-refractivity contribution in [2.24, 2.45) is 16.8 Å². The van der Waals surface area contributed by atoms with Crippen LogP contribution in [0.5, 0.6) is 0 Å². The lowest BCUT2D eigenvalue weighted by atomic mass is 9.96. The molecular formula is C14H23ClN8. The van der Waals surface area contributed by atoms with Crippen molar-refractivity contribution in [3.05, 3.63) is 17.3 Å². The highest BCUT2D eigenvalue weighted by Gasteiger charge is 2.22. The van der Waals surface area contributed by atoms with Crippen LogP contribution in [0.25, 0.3) is 11.2 Å². The smallest absolute Gasteiger partial charge is 0.165 e. The second-order valence-corrected chi connectivity index (χ2v) is 7.04. The van der Waals surface area contributed by atoms with E-state index < -0.39 is 0 Å². The lowest BCUT2D eigenvalue weighted by Gasteiger charge is -2.24. The maximum absolute atomic E-state index is 6.25. The van der Waals surface area contributed by atoms with Gasteiger partial charge in [-0.15, -0.1) is 0 Å². The van der Waals surface area contributed by atoms with Gasteiger partial charge in [0.2, 0.25) is 0 Å². The number of hydrogen-bond acceptors (Lipinski definition) is 6. The lowest BCUT2D eigenvalue weighted by Crippen LogP contribution is -2.45. The fourth-order valence-electron chi connectivity index (χ4n) is 2.00. The van der Waals surface area contributed by atoms with E-state index in [0.717, 1.165) is 0 Å². The Morgan fingerprint density at radius 3 is 2.57 bits per heavy atom. The SMILES string of the molecule is CC(C)N(N)/C(Cn1cnc2c(Cl)nc(C(C)(C)C)nc21)=N\N. The molecule has 0 saturated heterocycles. The minimum absolute atomic E-state index is 0.0652. The van der Waals surface area contributed by atoms with Crippen LogP contribution < -0.4 is 11.7 Å². The molecule has 2 heterocycles. The molecule has 0 aliphatic rings. The first-order valence-electron chi connectivity index (χ1n) is 7.34. The number of hydrazone groups is 1. The normalized spacial score (nSPS) is 13.1. The molecule has 0 atom stereocenters. The molecule has 8 nitrogen and oxygen atoms in total. The predicted octanol–water partition coefficient (Wildman–Crippen LogP) is 1.63. The number of hydrazine groups is 1. The fraction of sp³-hybridized carbons (Fsp3) is 0.571. The van der Waals surface area contributed by atoms with E-state index in [4.69, 9.17) is 23.3 Å². The second kappa shape index (κ2) is 6.29. The van der Waals surface area contributed by atoms with Gasteiger partial charge in [-0.05, 0) is 13.8 Å². The Balaban J connectivity index is 2.48. The molecule has 0 aliphatic carbocycles. The van der Waals surface area contributed by atoms with E-state index in [1.165, 1.54) is 5.01 Å². The molecule has 0 bridgehead atoms. The summed E-state index contributed by atoms with van der Waals surface area (Å²) < 4.78 is 1.81. The van der Waals surface area contributed by atoms with Crippen LogP contribution in [0, 0.1) is 0 Å². The Morgan fingerprint density at radius 2 is 2.04 bits per heavy atom. The molecule has 9 heteroatoms. The van der Waals surface area contributed by atoms with Crippen molar-refractivity contribution in [3.8, 4) is 0 Å². The summed E-state index contributed by atoms with van der Waals surface area (Å²) in [6.45, 7) is 10.3. The average Bonchev–Trinajstić information content (AvgIpc) is 2.86. The number of amidine groups is 1. The molecule has 0 aromatic carbocycles. The largest absolute Gasteiger partial charge is 0.321 e. The van der Waals surface area contributed by atoms with Gasteiger partial charge < -0.3 is 10.4 Å².